The molecule has 0 aliphatic heterocycles. The van der Waals surface area contributed by atoms with Gasteiger partial charge in [0.25, 0.3) is 0 Å². The van der Waals surface area contributed by atoms with E-state index in [1.165, 1.54) is 6.42 Å². The van der Waals surface area contributed by atoms with Crippen LogP contribution in [0.3, 0.4) is 0 Å². The zero-order valence-electron chi connectivity index (χ0n) is 9.53. The van der Waals surface area contributed by atoms with Gasteiger partial charge in [-0.05, 0) is 35.2 Å². The van der Waals surface area contributed by atoms with E-state index < -0.39 is 0 Å². The Balaban J connectivity index is 2.36. The minimum atomic E-state index is -0.189. The molecule has 0 radical (unpaired) electrons. The molecule has 16 heavy (non-hydrogen) atoms. The third kappa shape index (κ3) is 1.69. The summed E-state index contributed by atoms with van der Waals surface area (Å²) in [6, 6.07) is -0.0341. The molecular formula is C10H17BrN4O. The van der Waals surface area contributed by atoms with Crippen molar-refractivity contribution in [1.29, 1.82) is 0 Å². The molecule has 1 unspecified atom stereocenters. The van der Waals surface area contributed by atoms with Crippen molar-refractivity contribution >= 4 is 15.9 Å². The summed E-state index contributed by atoms with van der Waals surface area (Å²) in [6.45, 7) is 0. The number of ether oxygens (including phenoxy) is 1. The highest BCUT2D eigenvalue weighted by molar-refractivity contribution is 9.10. The second-order valence-corrected chi connectivity index (χ2v) is 5.08. The molecule has 2 rings (SSSR count). The third-order valence-corrected chi connectivity index (χ3v) is 4.12. The zero-order valence-corrected chi connectivity index (χ0v) is 11.1. The first-order chi connectivity index (χ1) is 7.64. The van der Waals surface area contributed by atoms with Gasteiger partial charge in [0, 0.05) is 14.2 Å². The molecule has 1 aromatic heterocycles. The highest BCUT2D eigenvalue weighted by Crippen LogP contribution is 2.45. The van der Waals surface area contributed by atoms with Gasteiger partial charge in [-0.3, -0.25) is 10.5 Å². The topological polar surface area (TPSA) is 65.1 Å². The summed E-state index contributed by atoms with van der Waals surface area (Å²) in [6.07, 6.45) is 5.01. The van der Waals surface area contributed by atoms with Crippen molar-refractivity contribution in [1.82, 2.24) is 15.2 Å². The van der Waals surface area contributed by atoms with Crippen LogP contribution in [0.15, 0.2) is 10.7 Å². The molecule has 1 saturated carbocycles. The molecule has 6 heteroatoms. The fraction of sp³-hybridized carbons (Fsp3) is 0.700. The van der Waals surface area contributed by atoms with Crippen LogP contribution in [0.5, 0.6) is 0 Å². The van der Waals surface area contributed by atoms with E-state index in [-0.39, 0.29) is 11.6 Å². The first-order valence-electron chi connectivity index (χ1n) is 5.33. The van der Waals surface area contributed by atoms with Gasteiger partial charge in [0.05, 0.1) is 28.0 Å². The van der Waals surface area contributed by atoms with Gasteiger partial charge in [-0.25, -0.2) is 5.43 Å². The molecule has 0 bridgehead atoms. The fourth-order valence-electron chi connectivity index (χ4n) is 2.36. The smallest absolute Gasteiger partial charge is 0.0929 e. The molecule has 1 fully saturated rings. The van der Waals surface area contributed by atoms with Crippen LogP contribution < -0.4 is 11.3 Å². The molecule has 1 aliphatic rings. The Labute approximate surface area is 103 Å². The minimum absolute atomic E-state index is 0.0341. The number of hydrazine groups is 1. The van der Waals surface area contributed by atoms with Crippen LogP contribution >= 0.6 is 15.9 Å². The molecule has 0 spiro atoms. The highest BCUT2D eigenvalue weighted by Gasteiger charge is 2.46. The lowest BCUT2D eigenvalue weighted by atomic mass is 9.73. The van der Waals surface area contributed by atoms with Gasteiger partial charge in [0.15, 0.2) is 0 Å². The van der Waals surface area contributed by atoms with Crippen LogP contribution in [0.2, 0.25) is 0 Å². The predicted molar refractivity (Wildman–Crippen MR) is 64.6 cm³/mol. The summed E-state index contributed by atoms with van der Waals surface area (Å²) in [5.41, 5.74) is 3.71. The normalized spacial score (nSPS) is 20.5. The van der Waals surface area contributed by atoms with Crippen molar-refractivity contribution in [3.05, 3.63) is 16.4 Å². The number of methoxy groups -OCH3 is 1. The van der Waals surface area contributed by atoms with Crippen LogP contribution in [0.4, 0.5) is 0 Å². The van der Waals surface area contributed by atoms with Gasteiger partial charge < -0.3 is 4.74 Å². The molecule has 0 amide bonds. The van der Waals surface area contributed by atoms with Crippen molar-refractivity contribution in [3.63, 3.8) is 0 Å². The molecule has 90 valence electrons. The number of nitrogens with two attached hydrogens (primary N) is 1. The van der Waals surface area contributed by atoms with E-state index in [0.29, 0.717) is 0 Å². The monoisotopic (exact) mass is 288 g/mol. The summed E-state index contributed by atoms with van der Waals surface area (Å²) in [4.78, 5) is 0. The van der Waals surface area contributed by atoms with Crippen LogP contribution in [-0.4, -0.2) is 22.5 Å². The lowest BCUT2D eigenvalue weighted by Crippen LogP contribution is -2.53. The van der Waals surface area contributed by atoms with E-state index in [1.807, 2.05) is 11.7 Å². The van der Waals surface area contributed by atoms with Gasteiger partial charge >= 0.3 is 0 Å². The van der Waals surface area contributed by atoms with Gasteiger partial charge in [-0.15, -0.1) is 0 Å². The molecule has 1 aliphatic carbocycles. The van der Waals surface area contributed by atoms with Gasteiger partial charge in [0.1, 0.15) is 0 Å². The third-order valence-electron chi connectivity index (χ3n) is 3.51. The number of aryl methyl sites for hydroxylation is 1. The SMILES string of the molecule is COC1(C(NN)c2c(Br)cnn2C)CCC1. The maximum atomic E-state index is 5.68. The summed E-state index contributed by atoms with van der Waals surface area (Å²) in [5.74, 6) is 5.68. The lowest BCUT2D eigenvalue weighted by molar-refractivity contribution is -0.102. The Morgan fingerprint density at radius 1 is 1.69 bits per heavy atom. The number of nitrogens with one attached hydrogen (secondary N) is 1. The number of halogens is 1. The Hall–Kier alpha value is -0.430. The Kier molecular flexibility index (Phi) is 3.34. The minimum Gasteiger partial charge on any atom is -0.376 e. The molecular weight excluding hydrogens is 272 g/mol. The van der Waals surface area contributed by atoms with Crippen molar-refractivity contribution in [2.75, 3.05) is 7.11 Å². The number of hydrogen-bond acceptors (Lipinski definition) is 4. The first-order valence-corrected chi connectivity index (χ1v) is 6.12. The molecule has 0 aromatic carbocycles. The maximum Gasteiger partial charge on any atom is 0.0929 e. The zero-order chi connectivity index (χ0) is 11.8. The van der Waals surface area contributed by atoms with Crippen LogP contribution in [0, 0.1) is 0 Å². The molecule has 5 nitrogen and oxygen atoms in total. The first kappa shape index (κ1) is 12.0. The highest BCUT2D eigenvalue weighted by atomic mass is 79.9. The molecule has 1 aromatic rings. The summed E-state index contributed by atoms with van der Waals surface area (Å²) < 4.78 is 8.44. The quantitative estimate of drug-likeness (QED) is 0.647. The number of nitrogens with zero attached hydrogens (tertiary/aromatic N) is 2. The van der Waals surface area contributed by atoms with E-state index in [0.717, 1.165) is 23.0 Å². The summed E-state index contributed by atoms with van der Waals surface area (Å²) in [7, 11) is 3.65. The van der Waals surface area contributed by atoms with Crippen molar-refractivity contribution in [3.8, 4) is 0 Å². The Morgan fingerprint density at radius 3 is 2.69 bits per heavy atom. The van der Waals surface area contributed by atoms with Crippen LogP contribution in [0.1, 0.15) is 31.0 Å². The van der Waals surface area contributed by atoms with Crippen LogP contribution in [-0.2, 0) is 11.8 Å². The summed E-state index contributed by atoms with van der Waals surface area (Å²) >= 11 is 3.50. The number of rotatable bonds is 4. The van der Waals surface area contributed by atoms with E-state index in [2.05, 4.69) is 26.5 Å². The molecule has 0 saturated heterocycles. The van der Waals surface area contributed by atoms with E-state index in [4.69, 9.17) is 10.6 Å². The van der Waals surface area contributed by atoms with Gasteiger partial charge in [0.2, 0.25) is 0 Å². The largest absolute Gasteiger partial charge is 0.376 e. The van der Waals surface area contributed by atoms with Crippen LogP contribution in [0.25, 0.3) is 0 Å². The van der Waals surface area contributed by atoms with E-state index >= 15 is 0 Å². The van der Waals surface area contributed by atoms with E-state index in [1.54, 1.807) is 13.3 Å². The van der Waals surface area contributed by atoms with E-state index in [9.17, 15) is 0 Å². The Morgan fingerprint density at radius 2 is 2.38 bits per heavy atom. The second-order valence-electron chi connectivity index (χ2n) is 4.22. The summed E-state index contributed by atoms with van der Waals surface area (Å²) in [5, 5.41) is 4.21. The molecule has 1 atom stereocenters. The number of aromatic nitrogens is 2. The Bertz CT molecular complexity index is 350. The molecule has 1 heterocycles. The van der Waals surface area contributed by atoms with Crippen molar-refractivity contribution < 1.29 is 4.74 Å². The lowest BCUT2D eigenvalue weighted by Gasteiger charge is -2.46. The van der Waals surface area contributed by atoms with Gasteiger partial charge in [-0.2, -0.15) is 5.10 Å². The van der Waals surface area contributed by atoms with Crippen molar-refractivity contribution in [2.45, 2.75) is 30.9 Å². The average molecular weight is 289 g/mol. The predicted octanol–water partition coefficient (Wildman–Crippen LogP) is 1.26. The average Bonchev–Trinajstić information content (AvgIpc) is 2.53. The maximum absolute atomic E-state index is 5.68. The van der Waals surface area contributed by atoms with Gasteiger partial charge in [-0.1, -0.05) is 0 Å². The fourth-order valence-corrected chi connectivity index (χ4v) is 2.94. The second kappa shape index (κ2) is 4.44. The van der Waals surface area contributed by atoms with Crippen molar-refractivity contribution in [2.24, 2.45) is 12.9 Å². The number of hydrogen-bond donors (Lipinski definition) is 2. The standard InChI is InChI=1S/C10H17BrN4O/c1-15-8(7(11)6-13-15)9(14-12)10(16-2)4-3-5-10/h6,9,14H,3-5,12H2,1-2H3. The molecule has 3 N–H and O–H groups in total.